The normalized spacial score (nSPS) is 12.2. The number of carboxylic acid groups (broad SMARTS) is 1. The average molecular weight is 234 g/mol. The van der Waals surface area contributed by atoms with E-state index in [-0.39, 0.29) is 5.91 Å². The van der Waals surface area contributed by atoms with Gasteiger partial charge in [-0.2, -0.15) is 11.8 Å². The van der Waals surface area contributed by atoms with Crippen molar-refractivity contribution in [3.8, 4) is 0 Å². The molecule has 0 aromatic heterocycles. The van der Waals surface area contributed by atoms with Crippen LogP contribution in [0, 0.1) is 0 Å². The van der Waals surface area contributed by atoms with Crippen LogP contribution >= 0.6 is 11.8 Å². The molecule has 1 atom stereocenters. The van der Waals surface area contributed by atoms with Crippen LogP contribution in [-0.4, -0.2) is 53.0 Å². The first kappa shape index (κ1) is 14.2. The highest BCUT2D eigenvalue weighted by atomic mass is 32.2. The fraction of sp³-hybridized carbons (Fsp3) is 0.778. The lowest BCUT2D eigenvalue weighted by molar-refractivity contribution is -0.138. The summed E-state index contributed by atoms with van der Waals surface area (Å²) < 4.78 is 0. The molecule has 0 aromatic carbocycles. The zero-order chi connectivity index (χ0) is 11.8. The molecule has 0 aliphatic carbocycles. The Morgan fingerprint density at radius 1 is 1.53 bits per heavy atom. The topological polar surface area (TPSA) is 83.6 Å². The molecule has 1 amide bonds. The van der Waals surface area contributed by atoms with E-state index < -0.39 is 12.0 Å². The van der Waals surface area contributed by atoms with E-state index in [2.05, 4.69) is 0 Å². The number of aliphatic carboxylic acids is 1. The van der Waals surface area contributed by atoms with E-state index in [9.17, 15) is 9.59 Å². The number of rotatable bonds is 7. The lowest BCUT2D eigenvalue weighted by Crippen LogP contribution is -2.31. The molecule has 0 fully saturated rings. The largest absolute Gasteiger partial charge is 0.480 e. The minimum Gasteiger partial charge on any atom is -0.480 e. The number of thioether (sulfide) groups is 1. The van der Waals surface area contributed by atoms with E-state index in [0.717, 1.165) is 0 Å². The van der Waals surface area contributed by atoms with Crippen LogP contribution in [0.15, 0.2) is 0 Å². The second kappa shape index (κ2) is 7.53. The van der Waals surface area contributed by atoms with E-state index in [0.29, 0.717) is 24.5 Å². The highest BCUT2D eigenvalue weighted by Gasteiger charge is 2.11. The molecule has 6 heteroatoms. The number of nitrogens with zero attached hydrogens (tertiary/aromatic N) is 1. The number of hydrogen-bond donors (Lipinski definition) is 2. The molecule has 0 rings (SSSR count). The molecule has 0 heterocycles. The third kappa shape index (κ3) is 6.35. The third-order valence-electron chi connectivity index (χ3n) is 2.02. The molecule has 0 spiro atoms. The van der Waals surface area contributed by atoms with Gasteiger partial charge in [0.2, 0.25) is 5.91 Å². The van der Waals surface area contributed by atoms with Crippen molar-refractivity contribution in [3.05, 3.63) is 0 Å². The van der Waals surface area contributed by atoms with Crippen molar-refractivity contribution in [2.45, 2.75) is 19.4 Å². The summed E-state index contributed by atoms with van der Waals surface area (Å²) in [5, 5.41) is 8.51. The van der Waals surface area contributed by atoms with Crippen molar-refractivity contribution in [3.63, 3.8) is 0 Å². The lowest BCUT2D eigenvalue weighted by atomic mass is 10.2. The quantitative estimate of drug-likeness (QED) is 0.606. The summed E-state index contributed by atoms with van der Waals surface area (Å²) in [7, 11) is 1.74. The number of amides is 1. The maximum absolute atomic E-state index is 11.3. The van der Waals surface area contributed by atoms with Crippen molar-refractivity contribution in [2.75, 3.05) is 25.1 Å². The number of carbonyl (C=O) groups excluding carboxylic acids is 1. The van der Waals surface area contributed by atoms with Gasteiger partial charge in [0.15, 0.2) is 0 Å². The molecule has 0 saturated carbocycles. The first-order valence-corrected chi connectivity index (χ1v) is 5.94. The maximum atomic E-state index is 11.3. The van der Waals surface area contributed by atoms with Crippen LogP contribution in [0.25, 0.3) is 0 Å². The monoisotopic (exact) mass is 234 g/mol. The minimum absolute atomic E-state index is 0.0615. The Bertz CT molecular complexity index is 223. The van der Waals surface area contributed by atoms with Gasteiger partial charge in [-0.15, -0.1) is 0 Å². The highest BCUT2D eigenvalue weighted by molar-refractivity contribution is 7.99. The van der Waals surface area contributed by atoms with Crippen molar-refractivity contribution in [2.24, 2.45) is 5.73 Å². The van der Waals surface area contributed by atoms with E-state index in [1.807, 2.05) is 6.92 Å². The van der Waals surface area contributed by atoms with E-state index in [1.54, 1.807) is 11.9 Å². The Morgan fingerprint density at radius 2 is 2.13 bits per heavy atom. The Hall–Kier alpha value is -0.750. The van der Waals surface area contributed by atoms with Gasteiger partial charge in [-0.25, -0.2) is 0 Å². The zero-order valence-electron chi connectivity index (χ0n) is 9.10. The van der Waals surface area contributed by atoms with Crippen LogP contribution in [0.3, 0.4) is 0 Å². The fourth-order valence-corrected chi connectivity index (χ4v) is 1.74. The van der Waals surface area contributed by atoms with Gasteiger partial charge >= 0.3 is 5.97 Å². The van der Waals surface area contributed by atoms with E-state index >= 15 is 0 Å². The first-order chi connectivity index (χ1) is 6.99. The van der Waals surface area contributed by atoms with Gasteiger partial charge < -0.3 is 15.7 Å². The predicted molar refractivity (Wildman–Crippen MR) is 60.9 cm³/mol. The molecule has 1 unspecified atom stereocenters. The second-order valence-corrected chi connectivity index (χ2v) is 4.30. The van der Waals surface area contributed by atoms with Crippen molar-refractivity contribution < 1.29 is 14.7 Å². The van der Waals surface area contributed by atoms with Gasteiger partial charge in [0.05, 0.1) is 5.75 Å². The Morgan fingerprint density at radius 3 is 2.60 bits per heavy atom. The van der Waals surface area contributed by atoms with Crippen molar-refractivity contribution >= 4 is 23.6 Å². The molecule has 0 saturated heterocycles. The molecule has 0 radical (unpaired) electrons. The van der Waals surface area contributed by atoms with Gasteiger partial charge in [-0.05, 0) is 19.1 Å². The summed E-state index contributed by atoms with van der Waals surface area (Å²) >= 11 is 1.42. The predicted octanol–water partition coefficient (Wildman–Crippen LogP) is -0.0001000. The summed E-state index contributed by atoms with van der Waals surface area (Å²) in [4.78, 5) is 23.3. The summed E-state index contributed by atoms with van der Waals surface area (Å²) in [6.07, 6.45) is 0.392. The molecule has 0 aromatic rings. The smallest absolute Gasteiger partial charge is 0.320 e. The molecule has 5 nitrogen and oxygen atoms in total. The van der Waals surface area contributed by atoms with Crippen LogP contribution < -0.4 is 5.73 Å². The second-order valence-electron chi connectivity index (χ2n) is 3.19. The Labute approximate surface area is 94.0 Å². The lowest BCUT2D eigenvalue weighted by Gasteiger charge is -2.14. The third-order valence-corrected chi connectivity index (χ3v) is 2.99. The van der Waals surface area contributed by atoms with Crippen LogP contribution in [0.5, 0.6) is 0 Å². The zero-order valence-corrected chi connectivity index (χ0v) is 9.92. The SMILES string of the molecule is CCN(C)C(=O)CSCCC(N)C(=O)O. The number of hydrogen-bond acceptors (Lipinski definition) is 4. The molecular weight excluding hydrogens is 216 g/mol. The standard InChI is InChI=1S/C9H18N2O3S/c1-3-11(2)8(12)6-15-5-4-7(10)9(13)14/h7H,3-6,10H2,1-2H3,(H,13,14). The molecule has 15 heavy (non-hydrogen) atoms. The number of carbonyl (C=O) groups is 2. The Balaban J connectivity index is 3.54. The maximum Gasteiger partial charge on any atom is 0.320 e. The summed E-state index contributed by atoms with van der Waals surface area (Å²) in [6.45, 7) is 2.59. The van der Waals surface area contributed by atoms with Crippen LogP contribution in [0.4, 0.5) is 0 Å². The van der Waals surface area contributed by atoms with Crippen LogP contribution in [0.2, 0.25) is 0 Å². The van der Waals surface area contributed by atoms with Gasteiger partial charge in [0.1, 0.15) is 6.04 Å². The van der Waals surface area contributed by atoms with Gasteiger partial charge in [-0.1, -0.05) is 0 Å². The van der Waals surface area contributed by atoms with Gasteiger partial charge in [0.25, 0.3) is 0 Å². The van der Waals surface area contributed by atoms with Crippen molar-refractivity contribution in [1.82, 2.24) is 4.90 Å². The van der Waals surface area contributed by atoms with Gasteiger partial charge in [-0.3, -0.25) is 9.59 Å². The van der Waals surface area contributed by atoms with Crippen molar-refractivity contribution in [1.29, 1.82) is 0 Å². The van der Waals surface area contributed by atoms with Crippen LogP contribution in [-0.2, 0) is 9.59 Å². The number of carboxylic acids is 1. The molecule has 88 valence electrons. The molecule has 0 aliphatic heterocycles. The van der Waals surface area contributed by atoms with Gasteiger partial charge in [0, 0.05) is 13.6 Å². The molecule has 0 bridgehead atoms. The fourth-order valence-electron chi connectivity index (χ4n) is 0.780. The summed E-state index contributed by atoms with van der Waals surface area (Å²) in [5.74, 6) is 0.0481. The molecule has 3 N–H and O–H groups in total. The number of nitrogens with two attached hydrogens (primary N) is 1. The average Bonchev–Trinajstić information content (AvgIpc) is 2.22. The Kier molecular flexibility index (Phi) is 7.15. The summed E-state index contributed by atoms with van der Waals surface area (Å²) in [6, 6.07) is -0.823. The first-order valence-electron chi connectivity index (χ1n) is 4.79. The summed E-state index contributed by atoms with van der Waals surface area (Å²) in [5.41, 5.74) is 5.31. The van der Waals surface area contributed by atoms with Crippen LogP contribution in [0.1, 0.15) is 13.3 Å². The highest BCUT2D eigenvalue weighted by Crippen LogP contribution is 2.05. The minimum atomic E-state index is -0.993. The molecule has 0 aliphatic rings. The van der Waals surface area contributed by atoms with E-state index in [4.69, 9.17) is 10.8 Å². The molecular formula is C9H18N2O3S. The van der Waals surface area contributed by atoms with E-state index in [1.165, 1.54) is 11.8 Å².